The maximum absolute atomic E-state index is 5.85. The van der Waals surface area contributed by atoms with Crippen molar-refractivity contribution in [3.63, 3.8) is 0 Å². The van der Waals surface area contributed by atoms with Gasteiger partial charge in [0.15, 0.2) is 0 Å². The summed E-state index contributed by atoms with van der Waals surface area (Å²) >= 11 is 0. The number of methoxy groups -OCH3 is 2. The lowest BCUT2D eigenvalue weighted by Gasteiger charge is -2.08. The van der Waals surface area contributed by atoms with Gasteiger partial charge in [0.2, 0.25) is 0 Å². The molecule has 0 bridgehead atoms. The number of rotatable bonds is 5. The van der Waals surface area contributed by atoms with Crippen LogP contribution in [0.3, 0.4) is 0 Å². The number of hydrogen-bond donors (Lipinski definition) is 0. The van der Waals surface area contributed by atoms with E-state index >= 15 is 0 Å². The molecule has 3 rings (SSSR count). The Kier molecular flexibility index (Phi) is 4.48. The Bertz CT molecular complexity index is 762. The molecule has 0 aliphatic rings. The molecule has 0 saturated heterocycles. The predicted octanol–water partition coefficient (Wildman–Crippen LogP) is 5.16. The van der Waals surface area contributed by atoms with Gasteiger partial charge in [0.05, 0.1) is 14.2 Å². The Morgan fingerprint density at radius 2 is 1.04 bits per heavy atom. The minimum absolute atomic E-state index is 0.751. The molecule has 0 saturated carbocycles. The fourth-order valence-corrected chi connectivity index (χ4v) is 2.30. The summed E-state index contributed by atoms with van der Waals surface area (Å²) in [5.41, 5.74) is 2.27. The molecule has 116 valence electrons. The van der Waals surface area contributed by atoms with E-state index in [-0.39, 0.29) is 0 Å². The molecule has 3 heteroatoms. The van der Waals surface area contributed by atoms with Crippen LogP contribution in [0, 0.1) is 0 Å². The van der Waals surface area contributed by atoms with Crippen molar-refractivity contribution in [3.05, 3.63) is 72.8 Å². The third-order valence-electron chi connectivity index (χ3n) is 3.55. The zero-order valence-electron chi connectivity index (χ0n) is 13.2. The van der Waals surface area contributed by atoms with Gasteiger partial charge in [0, 0.05) is 6.07 Å². The van der Waals surface area contributed by atoms with Crippen molar-refractivity contribution in [2.24, 2.45) is 0 Å². The first-order valence-electron chi connectivity index (χ1n) is 7.35. The second-order valence-electron chi connectivity index (χ2n) is 5.03. The molecule has 3 nitrogen and oxygen atoms in total. The molecule has 0 spiro atoms. The van der Waals surface area contributed by atoms with E-state index in [1.165, 1.54) is 0 Å². The van der Waals surface area contributed by atoms with Crippen molar-refractivity contribution in [1.29, 1.82) is 0 Å². The van der Waals surface area contributed by atoms with Crippen LogP contribution < -0.4 is 14.2 Å². The summed E-state index contributed by atoms with van der Waals surface area (Å²) in [5, 5.41) is 0. The minimum atomic E-state index is 0.751. The van der Waals surface area contributed by atoms with Crippen molar-refractivity contribution < 1.29 is 14.2 Å². The van der Waals surface area contributed by atoms with Gasteiger partial charge in [-0.3, -0.25) is 0 Å². The van der Waals surface area contributed by atoms with E-state index in [2.05, 4.69) is 0 Å². The lowest BCUT2D eigenvalue weighted by molar-refractivity contribution is 0.409. The molecule has 3 aromatic rings. The average molecular weight is 306 g/mol. The molecule has 23 heavy (non-hydrogen) atoms. The lowest BCUT2D eigenvalue weighted by atomic mass is 10.1. The highest BCUT2D eigenvalue weighted by Gasteiger charge is 2.02. The molecule has 0 radical (unpaired) electrons. The molecule has 0 atom stereocenters. The molecule has 0 aromatic heterocycles. The Morgan fingerprint density at radius 1 is 0.522 bits per heavy atom. The molecule has 0 amide bonds. The van der Waals surface area contributed by atoms with Crippen LogP contribution in [-0.4, -0.2) is 14.2 Å². The topological polar surface area (TPSA) is 27.7 Å². The van der Waals surface area contributed by atoms with Gasteiger partial charge in [-0.05, 0) is 47.5 Å². The van der Waals surface area contributed by atoms with Crippen molar-refractivity contribution in [3.8, 4) is 34.1 Å². The van der Waals surface area contributed by atoms with Gasteiger partial charge >= 0.3 is 0 Å². The van der Waals surface area contributed by atoms with Gasteiger partial charge in [0.1, 0.15) is 23.0 Å². The van der Waals surface area contributed by atoms with Crippen molar-refractivity contribution in [2.45, 2.75) is 0 Å². The van der Waals surface area contributed by atoms with Gasteiger partial charge in [0.25, 0.3) is 0 Å². The van der Waals surface area contributed by atoms with Crippen LogP contribution in [0.25, 0.3) is 11.1 Å². The van der Waals surface area contributed by atoms with Gasteiger partial charge in [-0.1, -0.05) is 30.3 Å². The summed E-state index contributed by atoms with van der Waals surface area (Å²) in [4.78, 5) is 0. The molecule has 0 aliphatic carbocycles. The fraction of sp³-hybridized carbons (Fsp3) is 0.100. The van der Waals surface area contributed by atoms with Crippen LogP contribution in [0.4, 0.5) is 0 Å². The van der Waals surface area contributed by atoms with E-state index in [4.69, 9.17) is 14.2 Å². The van der Waals surface area contributed by atoms with Crippen molar-refractivity contribution in [1.82, 2.24) is 0 Å². The first kappa shape index (κ1) is 15.0. The van der Waals surface area contributed by atoms with Gasteiger partial charge in [-0.15, -0.1) is 0 Å². The van der Waals surface area contributed by atoms with E-state index in [1.807, 2.05) is 72.8 Å². The highest BCUT2D eigenvalue weighted by Crippen LogP contribution is 2.28. The lowest BCUT2D eigenvalue weighted by Crippen LogP contribution is -1.87. The molecule has 0 heterocycles. The summed E-state index contributed by atoms with van der Waals surface area (Å²) in [7, 11) is 3.31. The van der Waals surface area contributed by atoms with E-state index in [0.29, 0.717) is 0 Å². The number of hydrogen-bond acceptors (Lipinski definition) is 3. The third-order valence-corrected chi connectivity index (χ3v) is 3.55. The van der Waals surface area contributed by atoms with Crippen molar-refractivity contribution in [2.75, 3.05) is 14.2 Å². The first-order chi connectivity index (χ1) is 11.3. The maximum Gasteiger partial charge on any atom is 0.131 e. The molecular weight excluding hydrogens is 288 g/mol. The van der Waals surface area contributed by atoms with Crippen LogP contribution in [0.2, 0.25) is 0 Å². The number of benzene rings is 3. The Balaban J connectivity index is 1.75. The van der Waals surface area contributed by atoms with Crippen LogP contribution in [0.15, 0.2) is 72.8 Å². The van der Waals surface area contributed by atoms with Gasteiger partial charge < -0.3 is 14.2 Å². The Morgan fingerprint density at radius 3 is 1.61 bits per heavy atom. The second-order valence-corrected chi connectivity index (χ2v) is 5.03. The molecule has 0 unspecified atom stereocenters. The molecule has 0 aliphatic heterocycles. The normalized spacial score (nSPS) is 10.2. The monoisotopic (exact) mass is 306 g/mol. The van der Waals surface area contributed by atoms with Crippen LogP contribution in [-0.2, 0) is 0 Å². The number of ether oxygens (including phenoxy) is 3. The van der Waals surface area contributed by atoms with Crippen molar-refractivity contribution >= 4 is 0 Å². The van der Waals surface area contributed by atoms with E-state index in [9.17, 15) is 0 Å². The second kappa shape index (κ2) is 6.88. The SMILES string of the molecule is COc1ccc(-c2ccc(Oc3cccc(OC)c3)cc2)cc1. The summed E-state index contributed by atoms with van der Waals surface area (Å²) in [5.74, 6) is 3.17. The van der Waals surface area contributed by atoms with E-state index < -0.39 is 0 Å². The zero-order chi connectivity index (χ0) is 16.1. The molecule has 0 fully saturated rings. The largest absolute Gasteiger partial charge is 0.497 e. The zero-order valence-corrected chi connectivity index (χ0v) is 13.2. The van der Waals surface area contributed by atoms with Crippen LogP contribution >= 0.6 is 0 Å². The highest BCUT2D eigenvalue weighted by molar-refractivity contribution is 5.65. The molecule has 0 N–H and O–H groups in total. The standard InChI is InChI=1S/C20H18O3/c1-21-17-10-6-15(7-11-17)16-8-12-18(13-9-16)23-20-5-3-4-19(14-20)22-2/h3-14H,1-2H3. The summed E-state index contributed by atoms with van der Waals surface area (Å²) in [6.07, 6.45) is 0. The minimum Gasteiger partial charge on any atom is -0.497 e. The van der Waals surface area contributed by atoms with Crippen LogP contribution in [0.5, 0.6) is 23.0 Å². The van der Waals surface area contributed by atoms with E-state index in [0.717, 1.165) is 34.1 Å². The fourth-order valence-electron chi connectivity index (χ4n) is 2.30. The predicted molar refractivity (Wildman–Crippen MR) is 91.5 cm³/mol. The smallest absolute Gasteiger partial charge is 0.131 e. The first-order valence-corrected chi connectivity index (χ1v) is 7.35. The highest BCUT2D eigenvalue weighted by atomic mass is 16.5. The Labute approximate surface area is 136 Å². The molecular formula is C20H18O3. The quantitative estimate of drug-likeness (QED) is 0.651. The third kappa shape index (κ3) is 3.64. The van der Waals surface area contributed by atoms with Gasteiger partial charge in [-0.25, -0.2) is 0 Å². The summed E-state index contributed by atoms with van der Waals surface area (Å²) < 4.78 is 16.2. The Hall–Kier alpha value is -2.94. The molecule has 3 aromatic carbocycles. The van der Waals surface area contributed by atoms with E-state index in [1.54, 1.807) is 14.2 Å². The summed E-state index contributed by atoms with van der Waals surface area (Å²) in [6.45, 7) is 0. The van der Waals surface area contributed by atoms with Crippen LogP contribution in [0.1, 0.15) is 0 Å². The maximum atomic E-state index is 5.85. The average Bonchev–Trinajstić information content (AvgIpc) is 2.63. The van der Waals surface area contributed by atoms with Gasteiger partial charge in [-0.2, -0.15) is 0 Å². The summed E-state index contributed by atoms with van der Waals surface area (Å²) in [6, 6.07) is 23.5.